The second-order valence-electron chi connectivity index (χ2n) is 4.44. The second kappa shape index (κ2) is 5.39. The molecule has 4 nitrogen and oxygen atoms in total. The van der Waals surface area contributed by atoms with Gasteiger partial charge in [-0.25, -0.2) is 0 Å². The molecule has 0 aromatic carbocycles. The highest BCUT2D eigenvalue weighted by Crippen LogP contribution is 2.07. The van der Waals surface area contributed by atoms with Crippen LogP contribution in [0.25, 0.3) is 0 Å². The fourth-order valence-corrected chi connectivity index (χ4v) is 1.92. The quantitative estimate of drug-likeness (QED) is 0.673. The number of β-amino-alcohol motifs (C(OH)–C–C–N with tert-alkyl or cyclic N) is 1. The summed E-state index contributed by atoms with van der Waals surface area (Å²) in [6, 6.07) is 4.10. The van der Waals surface area contributed by atoms with Crippen LogP contribution < -0.4 is 10.6 Å². The third-order valence-electron chi connectivity index (χ3n) is 2.99. The molecule has 88 valence electrons. The maximum atomic E-state index is 9.60. The van der Waals surface area contributed by atoms with Crippen LogP contribution in [0, 0.1) is 12.8 Å². The predicted molar refractivity (Wildman–Crippen MR) is 63.0 cm³/mol. The van der Waals surface area contributed by atoms with Crippen LogP contribution >= 0.6 is 0 Å². The fraction of sp³-hybridized carbons (Fsp3) is 0.583. The largest absolute Gasteiger partial charge is 0.391 e. The van der Waals surface area contributed by atoms with Gasteiger partial charge in [-0.1, -0.05) is 6.07 Å². The minimum atomic E-state index is -0.210. The van der Waals surface area contributed by atoms with Crippen molar-refractivity contribution in [1.82, 2.24) is 15.6 Å². The molecule has 2 atom stereocenters. The summed E-state index contributed by atoms with van der Waals surface area (Å²) in [5.74, 6) is 0.324. The van der Waals surface area contributed by atoms with E-state index < -0.39 is 0 Å². The van der Waals surface area contributed by atoms with Crippen LogP contribution in [0.1, 0.15) is 11.3 Å². The van der Waals surface area contributed by atoms with E-state index >= 15 is 0 Å². The van der Waals surface area contributed by atoms with Crippen LogP contribution in [0.15, 0.2) is 18.3 Å². The van der Waals surface area contributed by atoms with Crippen molar-refractivity contribution in [2.24, 2.45) is 5.92 Å². The number of nitrogens with one attached hydrogen (secondary N) is 2. The van der Waals surface area contributed by atoms with E-state index in [0.717, 1.165) is 31.9 Å². The molecule has 0 radical (unpaired) electrons. The molecule has 1 saturated heterocycles. The van der Waals surface area contributed by atoms with E-state index in [0.29, 0.717) is 5.92 Å². The third-order valence-corrected chi connectivity index (χ3v) is 2.99. The number of hydrogen-bond donors (Lipinski definition) is 3. The third kappa shape index (κ3) is 3.01. The van der Waals surface area contributed by atoms with Gasteiger partial charge in [-0.3, -0.25) is 4.98 Å². The Morgan fingerprint density at radius 3 is 3.00 bits per heavy atom. The van der Waals surface area contributed by atoms with Crippen molar-refractivity contribution in [2.75, 3.05) is 19.6 Å². The van der Waals surface area contributed by atoms with Gasteiger partial charge in [-0.15, -0.1) is 0 Å². The summed E-state index contributed by atoms with van der Waals surface area (Å²) in [7, 11) is 0. The first-order valence-corrected chi connectivity index (χ1v) is 5.77. The molecule has 4 heteroatoms. The van der Waals surface area contributed by atoms with Crippen molar-refractivity contribution in [3.05, 3.63) is 29.6 Å². The molecule has 2 heterocycles. The Hall–Kier alpha value is -0.970. The molecule has 0 spiro atoms. The van der Waals surface area contributed by atoms with Gasteiger partial charge in [0, 0.05) is 38.3 Å². The Kier molecular flexibility index (Phi) is 3.88. The lowest BCUT2D eigenvalue weighted by Gasteiger charge is -2.13. The first-order chi connectivity index (χ1) is 7.75. The van der Waals surface area contributed by atoms with Crippen molar-refractivity contribution in [2.45, 2.75) is 19.6 Å². The summed E-state index contributed by atoms with van der Waals surface area (Å²) in [5, 5.41) is 16.1. The highest BCUT2D eigenvalue weighted by atomic mass is 16.3. The van der Waals surface area contributed by atoms with E-state index in [4.69, 9.17) is 0 Å². The van der Waals surface area contributed by atoms with E-state index in [1.54, 1.807) is 0 Å². The van der Waals surface area contributed by atoms with Gasteiger partial charge >= 0.3 is 0 Å². The molecule has 1 aliphatic heterocycles. The number of aromatic nitrogens is 1. The number of aryl methyl sites for hydroxylation is 1. The smallest absolute Gasteiger partial charge is 0.0716 e. The van der Waals surface area contributed by atoms with Crippen molar-refractivity contribution in [1.29, 1.82) is 0 Å². The minimum absolute atomic E-state index is 0.210. The molecule has 0 bridgehead atoms. The zero-order chi connectivity index (χ0) is 11.4. The van der Waals surface area contributed by atoms with Crippen LogP contribution in [-0.2, 0) is 6.54 Å². The van der Waals surface area contributed by atoms with Gasteiger partial charge in [0.05, 0.1) is 11.8 Å². The van der Waals surface area contributed by atoms with Gasteiger partial charge in [-0.2, -0.15) is 0 Å². The van der Waals surface area contributed by atoms with E-state index in [1.165, 1.54) is 5.56 Å². The molecule has 0 aliphatic carbocycles. The van der Waals surface area contributed by atoms with Gasteiger partial charge in [0.25, 0.3) is 0 Å². The van der Waals surface area contributed by atoms with E-state index in [9.17, 15) is 5.11 Å². The number of pyridine rings is 1. The Morgan fingerprint density at radius 1 is 1.50 bits per heavy atom. The molecule has 2 rings (SSSR count). The van der Waals surface area contributed by atoms with Crippen molar-refractivity contribution in [3.8, 4) is 0 Å². The van der Waals surface area contributed by atoms with Gasteiger partial charge in [0.1, 0.15) is 0 Å². The normalized spacial score (nSPS) is 24.9. The molecular weight excluding hydrogens is 202 g/mol. The summed E-state index contributed by atoms with van der Waals surface area (Å²) in [4.78, 5) is 4.32. The molecular formula is C12H19N3O. The Balaban J connectivity index is 1.73. The zero-order valence-corrected chi connectivity index (χ0v) is 9.61. The molecule has 1 aromatic heterocycles. The van der Waals surface area contributed by atoms with E-state index in [-0.39, 0.29) is 6.10 Å². The lowest BCUT2D eigenvalue weighted by molar-refractivity contribution is 0.146. The molecule has 1 fully saturated rings. The Labute approximate surface area is 96.1 Å². The topological polar surface area (TPSA) is 57.2 Å². The van der Waals surface area contributed by atoms with Gasteiger partial charge in [0.2, 0.25) is 0 Å². The van der Waals surface area contributed by atoms with Crippen LogP contribution in [0.5, 0.6) is 0 Å². The van der Waals surface area contributed by atoms with Crippen molar-refractivity contribution in [3.63, 3.8) is 0 Å². The first kappa shape index (κ1) is 11.5. The summed E-state index contributed by atoms with van der Waals surface area (Å²) in [6.45, 7) is 5.25. The average Bonchev–Trinajstić information content (AvgIpc) is 2.68. The van der Waals surface area contributed by atoms with Crippen LogP contribution in [-0.4, -0.2) is 35.8 Å². The highest BCUT2D eigenvalue weighted by molar-refractivity contribution is 5.11. The highest BCUT2D eigenvalue weighted by Gasteiger charge is 2.23. The molecule has 16 heavy (non-hydrogen) atoms. The number of hydrogen-bond acceptors (Lipinski definition) is 4. The number of rotatable bonds is 4. The lowest BCUT2D eigenvalue weighted by atomic mass is 10.1. The van der Waals surface area contributed by atoms with Crippen LogP contribution in [0.3, 0.4) is 0 Å². The summed E-state index contributed by atoms with van der Waals surface area (Å²) in [6.07, 6.45) is 1.67. The SMILES string of the molecule is Cc1ccc(CNCC2CNCC2O)nc1. The molecule has 1 aromatic rings. The molecule has 2 unspecified atom stereocenters. The standard InChI is InChI=1S/C12H19N3O/c1-9-2-3-11(15-4-9)7-13-5-10-6-14-8-12(10)16/h2-4,10,12-14,16H,5-8H2,1H3. The first-order valence-electron chi connectivity index (χ1n) is 5.77. The van der Waals surface area contributed by atoms with E-state index in [2.05, 4.69) is 21.7 Å². The van der Waals surface area contributed by atoms with Gasteiger partial charge in [0.15, 0.2) is 0 Å². The Bertz CT molecular complexity index is 326. The van der Waals surface area contributed by atoms with Crippen molar-refractivity contribution < 1.29 is 5.11 Å². The average molecular weight is 221 g/mol. The maximum Gasteiger partial charge on any atom is 0.0716 e. The summed E-state index contributed by atoms with van der Waals surface area (Å²) >= 11 is 0. The van der Waals surface area contributed by atoms with E-state index in [1.807, 2.05) is 19.2 Å². The minimum Gasteiger partial charge on any atom is -0.391 e. The number of aliphatic hydroxyl groups excluding tert-OH is 1. The monoisotopic (exact) mass is 221 g/mol. The summed E-state index contributed by atoms with van der Waals surface area (Å²) in [5.41, 5.74) is 2.23. The van der Waals surface area contributed by atoms with Gasteiger partial charge in [-0.05, 0) is 18.6 Å². The molecule has 1 aliphatic rings. The molecule has 0 saturated carbocycles. The van der Waals surface area contributed by atoms with Gasteiger partial charge < -0.3 is 15.7 Å². The molecule has 3 N–H and O–H groups in total. The number of nitrogens with zero attached hydrogens (tertiary/aromatic N) is 1. The maximum absolute atomic E-state index is 9.60. The van der Waals surface area contributed by atoms with Crippen LogP contribution in [0.2, 0.25) is 0 Å². The zero-order valence-electron chi connectivity index (χ0n) is 9.61. The van der Waals surface area contributed by atoms with Crippen molar-refractivity contribution >= 4 is 0 Å². The summed E-state index contributed by atoms with van der Waals surface area (Å²) < 4.78 is 0. The fourth-order valence-electron chi connectivity index (χ4n) is 1.92. The lowest BCUT2D eigenvalue weighted by Crippen LogP contribution is -2.30. The number of aliphatic hydroxyl groups is 1. The molecule has 0 amide bonds. The Morgan fingerprint density at radius 2 is 2.38 bits per heavy atom. The predicted octanol–water partition coefficient (Wildman–Crippen LogP) is 0.0599. The second-order valence-corrected chi connectivity index (χ2v) is 4.44. The van der Waals surface area contributed by atoms with Crippen LogP contribution in [0.4, 0.5) is 0 Å².